The highest BCUT2D eigenvalue weighted by molar-refractivity contribution is 5.56. The number of rotatable bonds is 18. The van der Waals surface area contributed by atoms with E-state index in [9.17, 15) is 4.39 Å². The Morgan fingerprint density at radius 3 is 2.09 bits per heavy atom. The van der Waals surface area contributed by atoms with Gasteiger partial charge in [-0.05, 0) is 49.9 Å². The Balaban J connectivity index is 1.70. The molecule has 2 rings (SSSR count). The van der Waals surface area contributed by atoms with E-state index in [1.807, 2.05) is 19.3 Å². The Bertz CT molecular complexity index is 767. The molecule has 1 aromatic carbocycles. The third-order valence-electron chi connectivity index (χ3n) is 5.79. The number of halogens is 1. The molecule has 0 radical (unpaired) electrons. The first-order chi connectivity index (χ1) is 16.1. The van der Waals surface area contributed by atoms with Crippen LogP contribution in [0, 0.1) is 5.82 Å². The second-order valence-electron chi connectivity index (χ2n) is 8.98. The zero-order valence-corrected chi connectivity index (χ0v) is 21.0. The van der Waals surface area contributed by atoms with Crippen molar-refractivity contribution in [2.75, 3.05) is 13.2 Å². The lowest BCUT2D eigenvalue weighted by Gasteiger charge is -2.14. The van der Waals surface area contributed by atoms with Crippen LogP contribution in [0.4, 0.5) is 4.39 Å². The molecule has 0 amide bonds. The van der Waals surface area contributed by atoms with Gasteiger partial charge >= 0.3 is 0 Å². The van der Waals surface area contributed by atoms with Crippen molar-refractivity contribution >= 4 is 0 Å². The lowest BCUT2D eigenvalue weighted by atomic mass is 10.0. The molecular weight excluding hydrogens is 415 g/mol. The maximum Gasteiger partial charge on any atom is 0.165 e. The van der Waals surface area contributed by atoms with E-state index in [0.29, 0.717) is 24.6 Å². The largest absolute Gasteiger partial charge is 0.488 e. The zero-order valence-electron chi connectivity index (χ0n) is 21.0. The highest BCUT2D eigenvalue weighted by Gasteiger charge is 2.10. The summed E-state index contributed by atoms with van der Waals surface area (Å²) in [7, 11) is 0. The number of benzene rings is 1. The molecule has 1 heterocycles. The Morgan fingerprint density at radius 2 is 1.48 bits per heavy atom. The number of hydrogen-bond acceptors (Lipinski definition) is 4. The number of aryl methyl sites for hydroxylation is 1. The van der Waals surface area contributed by atoms with E-state index in [-0.39, 0.29) is 11.9 Å². The van der Waals surface area contributed by atoms with Crippen LogP contribution in [0.5, 0.6) is 5.75 Å². The van der Waals surface area contributed by atoms with E-state index < -0.39 is 5.82 Å². The van der Waals surface area contributed by atoms with Gasteiger partial charge in [0.05, 0.1) is 6.10 Å². The van der Waals surface area contributed by atoms with Crippen molar-refractivity contribution in [3.8, 4) is 17.1 Å². The molecule has 2 aromatic rings. The van der Waals surface area contributed by atoms with Crippen molar-refractivity contribution in [1.29, 1.82) is 0 Å². The second kappa shape index (κ2) is 16.6. The average Bonchev–Trinajstić information content (AvgIpc) is 2.83. The van der Waals surface area contributed by atoms with Crippen LogP contribution in [-0.4, -0.2) is 29.3 Å². The highest BCUT2D eigenvalue weighted by Crippen LogP contribution is 2.24. The van der Waals surface area contributed by atoms with Crippen molar-refractivity contribution in [1.82, 2.24) is 9.97 Å². The molecule has 1 atom stereocenters. The van der Waals surface area contributed by atoms with Gasteiger partial charge in [-0.1, -0.05) is 71.6 Å². The predicted molar refractivity (Wildman–Crippen MR) is 134 cm³/mol. The summed E-state index contributed by atoms with van der Waals surface area (Å²) < 4.78 is 25.6. The SMILES string of the molecule is CCCCCCCCCCCCc1cnc(-c2ccc(OCC(C)OCCC)c(F)c2)nc1. The van der Waals surface area contributed by atoms with Crippen molar-refractivity contribution in [3.05, 3.63) is 42.0 Å². The molecule has 0 aliphatic carbocycles. The van der Waals surface area contributed by atoms with Gasteiger partial charge in [0.15, 0.2) is 17.4 Å². The summed E-state index contributed by atoms with van der Waals surface area (Å²) in [6, 6.07) is 4.87. The first-order valence-corrected chi connectivity index (χ1v) is 13.0. The minimum atomic E-state index is -0.409. The molecule has 0 saturated heterocycles. The maximum atomic E-state index is 14.5. The number of hydrogen-bond donors (Lipinski definition) is 0. The summed E-state index contributed by atoms with van der Waals surface area (Å²) in [5.41, 5.74) is 1.79. The quantitative estimate of drug-likeness (QED) is 0.213. The third-order valence-corrected chi connectivity index (χ3v) is 5.79. The van der Waals surface area contributed by atoms with Crippen molar-refractivity contribution in [2.24, 2.45) is 0 Å². The van der Waals surface area contributed by atoms with Crippen LogP contribution in [-0.2, 0) is 11.2 Å². The van der Waals surface area contributed by atoms with E-state index in [1.54, 1.807) is 12.1 Å². The predicted octanol–water partition coefficient (Wildman–Crippen LogP) is 7.94. The molecule has 4 nitrogen and oxygen atoms in total. The number of nitrogens with zero attached hydrogens (tertiary/aromatic N) is 2. The molecule has 0 saturated carbocycles. The summed E-state index contributed by atoms with van der Waals surface area (Å²) in [5.74, 6) is 0.350. The highest BCUT2D eigenvalue weighted by atomic mass is 19.1. The van der Waals surface area contributed by atoms with E-state index in [0.717, 1.165) is 18.4 Å². The van der Waals surface area contributed by atoms with Crippen LogP contribution in [0.2, 0.25) is 0 Å². The van der Waals surface area contributed by atoms with Crippen LogP contribution >= 0.6 is 0 Å². The Hall–Kier alpha value is -2.01. The standard InChI is InChI=1S/C28H43FN2O2/c1-4-6-7-8-9-10-11-12-13-14-15-24-20-30-28(31-21-24)25-16-17-27(26(29)19-25)33-22-23(3)32-18-5-2/h16-17,19-21,23H,4-15,18,22H2,1-3H3. The smallest absolute Gasteiger partial charge is 0.165 e. The molecule has 0 N–H and O–H groups in total. The molecule has 1 unspecified atom stereocenters. The van der Waals surface area contributed by atoms with Gasteiger partial charge in [-0.3, -0.25) is 0 Å². The minimum absolute atomic E-state index is 0.0737. The zero-order chi connectivity index (χ0) is 23.7. The molecular formula is C28H43FN2O2. The summed E-state index contributed by atoms with van der Waals surface area (Å²) in [6.07, 6.45) is 18.9. The number of unbranched alkanes of at least 4 members (excludes halogenated alkanes) is 9. The third kappa shape index (κ3) is 11.1. The van der Waals surface area contributed by atoms with E-state index in [4.69, 9.17) is 9.47 Å². The average molecular weight is 459 g/mol. The molecule has 184 valence electrons. The fourth-order valence-corrected chi connectivity index (χ4v) is 3.78. The molecule has 5 heteroatoms. The van der Waals surface area contributed by atoms with Crippen LogP contribution < -0.4 is 4.74 Å². The summed E-state index contributed by atoms with van der Waals surface area (Å²) in [6.45, 7) is 7.24. The summed E-state index contributed by atoms with van der Waals surface area (Å²) in [5, 5.41) is 0. The Labute approximate surface area is 200 Å². The van der Waals surface area contributed by atoms with Crippen molar-refractivity contribution in [2.45, 2.75) is 104 Å². The monoisotopic (exact) mass is 458 g/mol. The Morgan fingerprint density at radius 1 is 0.848 bits per heavy atom. The normalized spacial score (nSPS) is 12.1. The minimum Gasteiger partial charge on any atom is -0.488 e. The lowest BCUT2D eigenvalue weighted by molar-refractivity contribution is 0.0318. The number of aromatic nitrogens is 2. The fourth-order valence-electron chi connectivity index (χ4n) is 3.78. The van der Waals surface area contributed by atoms with E-state index in [2.05, 4.69) is 23.8 Å². The van der Waals surface area contributed by atoms with Gasteiger partial charge in [-0.15, -0.1) is 0 Å². The first kappa shape index (κ1) is 27.2. The lowest BCUT2D eigenvalue weighted by Crippen LogP contribution is -2.18. The van der Waals surface area contributed by atoms with Crippen LogP contribution in [0.15, 0.2) is 30.6 Å². The first-order valence-electron chi connectivity index (χ1n) is 13.0. The molecule has 0 fully saturated rings. The Kier molecular flexibility index (Phi) is 13.7. The van der Waals surface area contributed by atoms with Gasteiger partial charge in [0.1, 0.15) is 6.61 Å². The maximum absolute atomic E-state index is 14.5. The van der Waals surface area contributed by atoms with Crippen molar-refractivity contribution in [3.63, 3.8) is 0 Å². The molecule has 0 aliphatic rings. The second-order valence-corrected chi connectivity index (χ2v) is 8.98. The molecule has 33 heavy (non-hydrogen) atoms. The summed E-state index contributed by atoms with van der Waals surface area (Å²) in [4.78, 5) is 8.91. The van der Waals surface area contributed by atoms with Gasteiger partial charge in [0.2, 0.25) is 0 Å². The van der Waals surface area contributed by atoms with Gasteiger partial charge < -0.3 is 9.47 Å². The fraction of sp³-hybridized carbons (Fsp3) is 0.643. The molecule has 0 spiro atoms. The van der Waals surface area contributed by atoms with Crippen molar-refractivity contribution < 1.29 is 13.9 Å². The molecule has 0 bridgehead atoms. The van der Waals surface area contributed by atoms with E-state index in [1.165, 1.54) is 70.3 Å². The molecule has 1 aromatic heterocycles. The van der Waals surface area contributed by atoms with Gasteiger partial charge in [0, 0.05) is 24.6 Å². The molecule has 0 aliphatic heterocycles. The number of ether oxygens (including phenoxy) is 2. The van der Waals surface area contributed by atoms with Gasteiger partial charge in [0.25, 0.3) is 0 Å². The van der Waals surface area contributed by atoms with Gasteiger partial charge in [-0.2, -0.15) is 0 Å². The van der Waals surface area contributed by atoms with Crippen LogP contribution in [0.25, 0.3) is 11.4 Å². The van der Waals surface area contributed by atoms with Gasteiger partial charge in [-0.25, -0.2) is 14.4 Å². The summed E-state index contributed by atoms with van der Waals surface area (Å²) >= 11 is 0. The van der Waals surface area contributed by atoms with Crippen LogP contribution in [0.1, 0.15) is 97.0 Å². The van der Waals surface area contributed by atoms with Crippen LogP contribution in [0.3, 0.4) is 0 Å². The van der Waals surface area contributed by atoms with E-state index >= 15 is 0 Å². The topological polar surface area (TPSA) is 44.2 Å².